The number of rotatable bonds is 4. The molecule has 0 aliphatic heterocycles. The van der Waals surface area contributed by atoms with Gasteiger partial charge in [-0.15, -0.1) is 0 Å². The van der Waals surface area contributed by atoms with Crippen LogP contribution < -0.4 is 5.56 Å². The van der Waals surface area contributed by atoms with Crippen LogP contribution in [0.5, 0.6) is 0 Å². The van der Waals surface area contributed by atoms with Crippen LogP contribution in [0.15, 0.2) is 41.2 Å². The molecule has 0 aliphatic carbocycles. The number of carbonyl (C=O) groups is 1. The van der Waals surface area contributed by atoms with Crippen molar-refractivity contribution in [3.05, 3.63) is 69.6 Å². The van der Waals surface area contributed by atoms with Gasteiger partial charge in [0.15, 0.2) is 11.6 Å². The monoisotopic (exact) mass is 292 g/mol. The molecule has 0 radical (unpaired) electrons. The Morgan fingerprint density at radius 2 is 1.95 bits per heavy atom. The number of hydrogen-bond donors (Lipinski definition) is 1. The average molecular weight is 292 g/mol. The minimum absolute atomic E-state index is 0.128. The second-order valence-electron chi connectivity index (χ2n) is 4.50. The quantitative estimate of drug-likeness (QED) is 0.940. The first-order valence-corrected chi connectivity index (χ1v) is 6.43. The Bertz CT molecular complexity index is 713. The molecule has 1 amide bonds. The molecule has 0 fully saturated rings. The summed E-state index contributed by atoms with van der Waals surface area (Å²) in [6.45, 7) is 2.26. The van der Waals surface area contributed by atoms with Gasteiger partial charge in [-0.3, -0.25) is 9.59 Å². The topological polar surface area (TPSA) is 53.2 Å². The molecule has 0 unspecified atom stereocenters. The van der Waals surface area contributed by atoms with E-state index in [1.165, 1.54) is 29.2 Å². The first-order chi connectivity index (χ1) is 10.0. The van der Waals surface area contributed by atoms with Gasteiger partial charge in [0.1, 0.15) is 5.69 Å². The minimum atomic E-state index is -0.955. The molecule has 0 saturated heterocycles. The van der Waals surface area contributed by atoms with Crippen molar-refractivity contribution < 1.29 is 13.6 Å². The second kappa shape index (κ2) is 6.30. The standard InChI is InChI=1S/C15H14F2N2O2/c1-2-19(9-10-6-7-11(16)12(17)8-10)15(21)13-4-3-5-14(20)18-13/h3-8H,2,9H2,1H3,(H,18,20). The molecule has 1 N–H and O–H groups in total. The molecule has 0 saturated carbocycles. The van der Waals surface area contributed by atoms with Crippen molar-refractivity contribution in [3.63, 3.8) is 0 Å². The largest absolute Gasteiger partial charge is 0.333 e. The zero-order valence-corrected chi connectivity index (χ0v) is 11.4. The minimum Gasteiger partial charge on any atom is -0.333 e. The number of nitrogens with zero attached hydrogens (tertiary/aromatic N) is 1. The number of benzene rings is 1. The summed E-state index contributed by atoms with van der Waals surface area (Å²) in [4.78, 5) is 27.4. The Hall–Kier alpha value is -2.50. The van der Waals surface area contributed by atoms with E-state index in [-0.39, 0.29) is 23.7 Å². The Labute approximate surface area is 120 Å². The van der Waals surface area contributed by atoms with Crippen LogP contribution in [0.2, 0.25) is 0 Å². The van der Waals surface area contributed by atoms with Crippen LogP contribution in [0.1, 0.15) is 23.0 Å². The Morgan fingerprint density at radius 3 is 2.57 bits per heavy atom. The highest BCUT2D eigenvalue weighted by atomic mass is 19.2. The number of carbonyl (C=O) groups excluding carboxylic acids is 1. The highest BCUT2D eigenvalue weighted by Crippen LogP contribution is 2.12. The van der Waals surface area contributed by atoms with Crippen molar-refractivity contribution in [3.8, 4) is 0 Å². The number of aromatic nitrogens is 1. The zero-order valence-electron chi connectivity index (χ0n) is 11.4. The number of aromatic amines is 1. The fourth-order valence-electron chi connectivity index (χ4n) is 1.93. The van der Waals surface area contributed by atoms with E-state index in [0.717, 1.165) is 12.1 Å². The van der Waals surface area contributed by atoms with Crippen LogP contribution in [-0.2, 0) is 6.54 Å². The zero-order chi connectivity index (χ0) is 15.4. The van der Waals surface area contributed by atoms with E-state index in [1.807, 2.05) is 0 Å². The van der Waals surface area contributed by atoms with E-state index < -0.39 is 11.6 Å². The molecule has 6 heteroatoms. The van der Waals surface area contributed by atoms with E-state index in [2.05, 4.69) is 4.98 Å². The van der Waals surface area contributed by atoms with Gasteiger partial charge in [0.2, 0.25) is 5.56 Å². The third-order valence-electron chi connectivity index (χ3n) is 3.03. The van der Waals surface area contributed by atoms with Crippen molar-refractivity contribution in [1.82, 2.24) is 9.88 Å². The van der Waals surface area contributed by atoms with Crippen molar-refractivity contribution in [2.24, 2.45) is 0 Å². The van der Waals surface area contributed by atoms with Gasteiger partial charge in [0.25, 0.3) is 5.91 Å². The molecule has 1 aromatic carbocycles. The molecule has 1 heterocycles. The fraction of sp³-hybridized carbons (Fsp3) is 0.200. The van der Waals surface area contributed by atoms with Crippen LogP contribution in [0.4, 0.5) is 8.78 Å². The van der Waals surface area contributed by atoms with E-state index in [9.17, 15) is 18.4 Å². The van der Waals surface area contributed by atoms with Crippen LogP contribution in [0, 0.1) is 11.6 Å². The van der Waals surface area contributed by atoms with Crippen LogP contribution in [0.3, 0.4) is 0 Å². The normalized spacial score (nSPS) is 10.4. The van der Waals surface area contributed by atoms with Crippen molar-refractivity contribution in [1.29, 1.82) is 0 Å². The predicted octanol–water partition coefficient (Wildman–Crippen LogP) is 2.32. The van der Waals surface area contributed by atoms with Gasteiger partial charge in [-0.05, 0) is 30.7 Å². The molecule has 0 spiro atoms. The van der Waals surface area contributed by atoms with E-state index >= 15 is 0 Å². The van der Waals surface area contributed by atoms with Crippen molar-refractivity contribution in [2.75, 3.05) is 6.54 Å². The Kier molecular flexibility index (Phi) is 4.47. The van der Waals surface area contributed by atoms with Gasteiger partial charge in [-0.25, -0.2) is 8.78 Å². The second-order valence-corrected chi connectivity index (χ2v) is 4.50. The summed E-state index contributed by atoms with van der Waals surface area (Å²) in [6.07, 6.45) is 0. The SMILES string of the molecule is CCN(Cc1ccc(F)c(F)c1)C(=O)c1cccc(=O)[nH]1. The van der Waals surface area contributed by atoms with E-state index in [1.54, 1.807) is 6.92 Å². The highest BCUT2D eigenvalue weighted by molar-refractivity contribution is 5.92. The number of nitrogens with one attached hydrogen (secondary N) is 1. The molecule has 2 aromatic rings. The molecule has 21 heavy (non-hydrogen) atoms. The maximum atomic E-state index is 13.2. The summed E-state index contributed by atoms with van der Waals surface area (Å²) >= 11 is 0. The average Bonchev–Trinajstić information content (AvgIpc) is 2.47. The van der Waals surface area contributed by atoms with Crippen molar-refractivity contribution >= 4 is 5.91 Å². The maximum absolute atomic E-state index is 13.2. The molecule has 1 aromatic heterocycles. The smallest absolute Gasteiger partial charge is 0.270 e. The molecule has 2 rings (SSSR count). The van der Waals surface area contributed by atoms with Gasteiger partial charge in [-0.2, -0.15) is 0 Å². The number of pyridine rings is 1. The summed E-state index contributed by atoms with van der Waals surface area (Å²) in [7, 11) is 0. The van der Waals surface area contributed by atoms with Crippen LogP contribution >= 0.6 is 0 Å². The summed E-state index contributed by atoms with van der Waals surface area (Å²) in [5, 5.41) is 0. The molecule has 0 atom stereocenters. The number of hydrogen-bond acceptors (Lipinski definition) is 2. The molecular formula is C15H14F2N2O2. The van der Waals surface area contributed by atoms with Gasteiger partial charge >= 0.3 is 0 Å². The number of amides is 1. The Morgan fingerprint density at radius 1 is 1.19 bits per heavy atom. The summed E-state index contributed by atoms with van der Waals surface area (Å²) in [5.41, 5.74) is 0.263. The van der Waals surface area contributed by atoms with Gasteiger partial charge in [-0.1, -0.05) is 12.1 Å². The predicted molar refractivity (Wildman–Crippen MR) is 73.8 cm³/mol. The lowest BCUT2D eigenvalue weighted by Gasteiger charge is -2.20. The van der Waals surface area contributed by atoms with Gasteiger partial charge < -0.3 is 9.88 Å². The first kappa shape index (κ1) is 14.9. The lowest BCUT2D eigenvalue weighted by molar-refractivity contribution is 0.0746. The first-order valence-electron chi connectivity index (χ1n) is 6.43. The maximum Gasteiger partial charge on any atom is 0.270 e. The molecule has 0 bridgehead atoms. The van der Waals surface area contributed by atoms with E-state index in [0.29, 0.717) is 12.1 Å². The van der Waals surface area contributed by atoms with Crippen LogP contribution in [0.25, 0.3) is 0 Å². The Balaban J connectivity index is 2.21. The summed E-state index contributed by atoms with van der Waals surface area (Å²) in [5.74, 6) is -2.26. The fourth-order valence-corrected chi connectivity index (χ4v) is 1.93. The third-order valence-corrected chi connectivity index (χ3v) is 3.03. The molecule has 4 nitrogen and oxygen atoms in total. The van der Waals surface area contributed by atoms with E-state index in [4.69, 9.17) is 0 Å². The van der Waals surface area contributed by atoms with Crippen molar-refractivity contribution in [2.45, 2.75) is 13.5 Å². The molecular weight excluding hydrogens is 278 g/mol. The summed E-state index contributed by atoms with van der Waals surface area (Å²) < 4.78 is 26.1. The van der Waals surface area contributed by atoms with Gasteiger partial charge in [0.05, 0.1) is 0 Å². The third kappa shape index (κ3) is 3.53. The molecule has 0 aliphatic rings. The highest BCUT2D eigenvalue weighted by Gasteiger charge is 2.16. The number of H-pyrrole nitrogens is 1. The molecule has 110 valence electrons. The number of halogens is 2. The van der Waals surface area contributed by atoms with Crippen LogP contribution in [-0.4, -0.2) is 22.3 Å². The summed E-state index contributed by atoms with van der Waals surface area (Å²) in [6, 6.07) is 7.78. The lowest BCUT2D eigenvalue weighted by Crippen LogP contribution is -2.32. The lowest BCUT2D eigenvalue weighted by atomic mass is 10.2. The van der Waals surface area contributed by atoms with Gasteiger partial charge in [0, 0.05) is 19.2 Å².